The third-order valence-electron chi connectivity index (χ3n) is 5.77. The molecule has 3 unspecified atom stereocenters. The van der Waals surface area contributed by atoms with E-state index in [4.69, 9.17) is 5.11 Å². The number of hydrogen-bond acceptors (Lipinski definition) is 3. The summed E-state index contributed by atoms with van der Waals surface area (Å²) in [6, 6.07) is 0. The SMILES string of the molecule is CC(CO)S(=O)(=O)NC12CC3CC(C)(CC(C)(C3)C1)C2. The van der Waals surface area contributed by atoms with Gasteiger partial charge in [0.25, 0.3) is 0 Å². The highest BCUT2D eigenvalue weighted by atomic mass is 32.2. The molecule has 4 rings (SSSR count). The van der Waals surface area contributed by atoms with Crippen molar-refractivity contribution in [1.29, 1.82) is 0 Å². The zero-order valence-electron chi connectivity index (χ0n) is 12.8. The molecule has 2 N–H and O–H groups in total. The molecule has 0 aromatic rings. The summed E-state index contributed by atoms with van der Waals surface area (Å²) in [5, 5.41) is 8.44. The lowest BCUT2D eigenvalue weighted by Gasteiger charge is -2.65. The zero-order valence-corrected chi connectivity index (χ0v) is 13.6. The van der Waals surface area contributed by atoms with Gasteiger partial charge in [0.2, 0.25) is 10.0 Å². The predicted molar refractivity (Wildman–Crippen MR) is 78.7 cm³/mol. The molecule has 20 heavy (non-hydrogen) atoms. The van der Waals surface area contributed by atoms with Crippen LogP contribution in [-0.2, 0) is 10.0 Å². The molecule has 0 amide bonds. The molecule has 0 spiro atoms. The van der Waals surface area contributed by atoms with E-state index in [-0.39, 0.29) is 12.1 Å². The van der Waals surface area contributed by atoms with Crippen molar-refractivity contribution < 1.29 is 13.5 Å². The van der Waals surface area contributed by atoms with Crippen LogP contribution in [0.4, 0.5) is 0 Å². The van der Waals surface area contributed by atoms with Gasteiger partial charge in [-0.1, -0.05) is 13.8 Å². The van der Waals surface area contributed by atoms with Crippen molar-refractivity contribution >= 4 is 10.0 Å². The van der Waals surface area contributed by atoms with E-state index in [0.29, 0.717) is 16.7 Å². The van der Waals surface area contributed by atoms with Gasteiger partial charge in [-0.3, -0.25) is 0 Å². The van der Waals surface area contributed by atoms with Crippen molar-refractivity contribution in [3.05, 3.63) is 0 Å². The summed E-state index contributed by atoms with van der Waals surface area (Å²) >= 11 is 0. The molecular formula is C15H27NO3S. The Morgan fingerprint density at radius 1 is 1.15 bits per heavy atom. The van der Waals surface area contributed by atoms with E-state index in [0.717, 1.165) is 19.3 Å². The van der Waals surface area contributed by atoms with Gasteiger partial charge in [0.15, 0.2) is 0 Å². The van der Waals surface area contributed by atoms with E-state index in [1.165, 1.54) is 19.3 Å². The van der Waals surface area contributed by atoms with Crippen LogP contribution in [0.5, 0.6) is 0 Å². The first-order chi connectivity index (χ1) is 9.10. The average Bonchev–Trinajstić information content (AvgIpc) is 2.20. The summed E-state index contributed by atoms with van der Waals surface area (Å²) in [6.07, 6.45) is 6.64. The molecule has 0 aromatic carbocycles. The zero-order chi connectivity index (χ0) is 14.8. The van der Waals surface area contributed by atoms with Crippen LogP contribution < -0.4 is 4.72 Å². The van der Waals surface area contributed by atoms with E-state index >= 15 is 0 Å². The molecular weight excluding hydrogens is 274 g/mol. The number of hydrogen-bond donors (Lipinski definition) is 2. The van der Waals surface area contributed by atoms with Gasteiger partial charge < -0.3 is 5.11 Å². The lowest BCUT2D eigenvalue weighted by Crippen LogP contribution is -2.65. The summed E-state index contributed by atoms with van der Waals surface area (Å²) in [6.45, 7) is 5.91. The van der Waals surface area contributed by atoms with Crippen LogP contribution in [0.15, 0.2) is 0 Å². The second kappa shape index (κ2) is 4.20. The molecule has 4 saturated carbocycles. The molecule has 5 heteroatoms. The smallest absolute Gasteiger partial charge is 0.216 e. The summed E-state index contributed by atoms with van der Waals surface area (Å²) in [7, 11) is -3.43. The van der Waals surface area contributed by atoms with Gasteiger partial charge in [0.05, 0.1) is 11.9 Å². The van der Waals surface area contributed by atoms with Crippen molar-refractivity contribution in [2.24, 2.45) is 16.7 Å². The first-order valence-electron chi connectivity index (χ1n) is 7.73. The van der Waals surface area contributed by atoms with Gasteiger partial charge in [-0.05, 0) is 62.2 Å². The molecule has 116 valence electrons. The fourth-order valence-electron chi connectivity index (χ4n) is 6.06. The third-order valence-corrected chi connectivity index (χ3v) is 7.70. The fraction of sp³-hybridized carbons (Fsp3) is 1.00. The highest BCUT2D eigenvalue weighted by Gasteiger charge is 2.61. The predicted octanol–water partition coefficient (Wildman–Crippen LogP) is 2.04. The molecule has 0 heterocycles. The number of sulfonamides is 1. The molecule has 4 fully saturated rings. The van der Waals surface area contributed by atoms with Crippen LogP contribution in [0, 0.1) is 16.7 Å². The van der Waals surface area contributed by atoms with Crippen LogP contribution in [0.1, 0.15) is 59.3 Å². The normalized spacial score (nSPS) is 48.5. The fourth-order valence-corrected chi connectivity index (χ4v) is 7.29. The van der Waals surface area contributed by atoms with E-state index in [2.05, 4.69) is 18.6 Å². The van der Waals surface area contributed by atoms with Crippen molar-refractivity contribution in [3.8, 4) is 0 Å². The van der Waals surface area contributed by atoms with E-state index in [1.54, 1.807) is 6.92 Å². The summed E-state index contributed by atoms with van der Waals surface area (Å²) in [5.41, 5.74) is 0.323. The molecule has 4 bridgehead atoms. The maximum atomic E-state index is 12.4. The van der Waals surface area contributed by atoms with Crippen LogP contribution in [0.25, 0.3) is 0 Å². The van der Waals surface area contributed by atoms with Gasteiger partial charge in [0.1, 0.15) is 0 Å². The van der Waals surface area contributed by atoms with E-state index < -0.39 is 15.3 Å². The molecule has 4 aliphatic carbocycles. The quantitative estimate of drug-likeness (QED) is 0.835. The second-order valence-corrected chi connectivity index (χ2v) is 10.6. The standard InChI is InChI=1S/C15H27NO3S/c1-11(7-17)20(18,19)16-15-6-12-4-13(2,9-15)8-14(3,5-12)10-15/h11-12,16-17H,4-10H2,1-3H3. The summed E-state index contributed by atoms with van der Waals surface area (Å²) in [5.74, 6) is 0.661. The van der Waals surface area contributed by atoms with Gasteiger partial charge in [-0.2, -0.15) is 0 Å². The minimum atomic E-state index is -3.43. The number of rotatable bonds is 4. The largest absolute Gasteiger partial charge is 0.395 e. The Morgan fingerprint density at radius 2 is 1.70 bits per heavy atom. The second-order valence-electron chi connectivity index (χ2n) is 8.55. The number of aliphatic hydroxyl groups is 1. The van der Waals surface area contributed by atoms with Gasteiger partial charge in [-0.25, -0.2) is 13.1 Å². The minimum absolute atomic E-state index is 0.259. The Balaban J connectivity index is 1.90. The maximum absolute atomic E-state index is 12.4. The molecule has 0 aliphatic heterocycles. The van der Waals surface area contributed by atoms with Gasteiger partial charge in [-0.15, -0.1) is 0 Å². The van der Waals surface area contributed by atoms with Crippen LogP contribution >= 0.6 is 0 Å². The minimum Gasteiger partial charge on any atom is -0.395 e. The molecule has 0 aromatic heterocycles. The molecule has 3 atom stereocenters. The van der Waals surface area contributed by atoms with Gasteiger partial charge in [0, 0.05) is 5.54 Å². The Morgan fingerprint density at radius 3 is 2.15 bits per heavy atom. The van der Waals surface area contributed by atoms with Crippen LogP contribution in [0.3, 0.4) is 0 Å². The Bertz CT molecular complexity index is 497. The van der Waals surface area contributed by atoms with E-state index in [9.17, 15) is 8.42 Å². The first-order valence-corrected chi connectivity index (χ1v) is 9.28. The number of nitrogens with one attached hydrogen (secondary N) is 1. The maximum Gasteiger partial charge on any atom is 0.216 e. The monoisotopic (exact) mass is 301 g/mol. The number of aliphatic hydroxyl groups excluding tert-OH is 1. The highest BCUT2D eigenvalue weighted by Crippen LogP contribution is 2.66. The Kier molecular flexibility index (Phi) is 3.11. The Labute approximate surface area is 122 Å². The summed E-state index contributed by atoms with van der Waals surface area (Å²) < 4.78 is 27.8. The molecule has 4 aliphatic rings. The highest BCUT2D eigenvalue weighted by molar-refractivity contribution is 7.90. The van der Waals surface area contributed by atoms with Crippen molar-refractivity contribution in [2.45, 2.75) is 70.1 Å². The van der Waals surface area contributed by atoms with Crippen molar-refractivity contribution in [1.82, 2.24) is 4.72 Å². The summed E-state index contributed by atoms with van der Waals surface area (Å²) in [4.78, 5) is 0. The topological polar surface area (TPSA) is 66.4 Å². The first kappa shape index (κ1) is 14.8. The van der Waals surface area contributed by atoms with Crippen molar-refractivity contribution in [3.63, 3.8) is 0 Å². The van der Waals surface area contributed by atoms with Crippen LogP contribution in [0.2, 0.25) is 0 Å². The molecule has 0 saturated heterocycles. The average molecular weight is 301 g/mol. The third kappa shape index (κ3) is 2.32. The van der Waals surface area contributed by atoms with Crippen molar-refractivity contribution in [2.75, 3.05) is 6.61 Å². The Hall–Kier alpha value is -0.130. The lowest BCUT2D eigenvalue weighted by atomic mass is 9.43. The van der Waals surface area contributed by atoms with Gasteiger partial charge >= 0.3 is 0 Å². The van der Waals surface area contributed by atoms with E-state index in [1.807, 2.05) is 0 Å². The molecule has 4 nitrogen and oxygen atoms in total. The lowest BCUT2D eigenvalue weighted by molar-refractivity contribution is -0.110. The van der Waals surface area contributed by atoms with Crippen LogP contribution in [-0.4, -0.2) is 30.9 Å². The molecule has 0 radical (unpaired) electrons.